The molecule has 1 amide bonds. The molecule has 0 saturated heterocycles. The second-order valence-corrected chi connectivity index (χ2v) is 9.00. The Bertz CT molecular complexity index is 1450. The van der Waals surface area contributed by atoms with Crippen molar-refractivity contribution < 1.29 is 14.3 Å². The van der Waals surface area contributed by atoms with E-state index in [2.05, 4.69) is 24.3 Å². The minimum Gasteiger partial charge on any atom is -0.461 e. The van der Waals surface area contributed by atoms with Gasteiger partial charge in [-0.25, -0.2) is 4.79 Å². The zero-order valence-electron chi connectivity index (χ0n) is 19.6. The number of carbonyl (C=O) groups is 2. The summed E-state index contributed by atoms with van der Waals surface area (Å²) >= 11 is 1.16. The smallest absolute Gasteiger partial charge is 0.359 e. The molecule has 178 valence electrons. The van der Waals surface area contributed by atoms with Gasteiger partial charge in [-0.05, 0) is 42.2 Å². The van der Waals surface area contributed by atoms with E-state index in [1.54, 1.807) is 30.5 Å². The SMILES string of the molecule is CCOC(=O)c1nn(-c2ccc(C(C)C)cc2)c(=O)c2c(NC(=O)/C=C/c3ccccc3)scc12. The molecular formula is C27H25N3O4S. The zero-order chi connectivity index (χ0) is 24.9. The summed E-state index contributed by atoms with van der Waals surface area (Å²) in [7, 11) is 0. The zero-order valence-corrected chi connectivity index (χ0v) is 20.5. The highest BCUT2D eigenvalue weighted by Gasteiger charge is 2.23. The Morgan fingerprint density at radius 1 is 1.11 bits per heavy atom. The first kappa shape index (κ1) is 24.1. The van der Waals surface area contributed by atoms with Crippen molar-refractivity contribution in [1.29, 1.82) is 0 Å². The molecule has 2 heterocycles. The predicted molar refractivity (Wildman–Crippen MR) is 139 cm³/mol. The van der Waals surface area contributed by atoms with Crippen LogP contribution in [0.15, 0.2) is 70.8 Å². The molecule has 0 bridgehead atoms. The molecule has 1 N–H and O–H groups in total. The molecule has 0 unspecified atom stereocenters. The highest BCUT2D eigenvalue weighted by molar-refractivity contribution is 7.16. The van der Waals surface area contributed by atoms with Crippen molar-refractivity contribution in [1.82, 2.24) is 9.78 Å². The fourth-order valence-corrected chi connectivity index (χ4v) is 4.50. The van der Waals surface area contributed by atoms with Gasteiger partial charge in [0.25, 0.3) is 5.56 Å². The van der Waals surface area contributed by atoms with Crippen molar-refractivity contribution in [2.75, 3.05) is 11.9 Å². The molecule has 0 fully saturated rings. The Labute approximate surface area is 206 Å². The van der Waals surface area contributed by atoms with Gasteiger partial charge in [0, 0.05) is 16.8 Å². The van der Waals surface area contributed by atoms with E-state index in [0.29, 0.717) is 22.0 Å². The van der Waals surface area contributed by atoms with Crippen molar-refractivity contribution in [3.63, 3.8) is 0 Å². The van der Waals surface area contributed by atoms with Crippen LogP contribution in [0.1, 0.15) is 48.3 Å². The Morgan fingerprint density at radius 3 is 2.49 bits per heavy atom. The van der Waals surface area contributed by atoms with Crippen LogP contribution in [0.2, 0.25) is 0 Å². The van der Waals surface area contributed by atoms with Crippen molar-refractivity contribution in [3.8, 4) is 5.69 Å². The van der Waals surface area contributed by atoms with Crippen LogP contribution in [-0.4, -0.2) is 28.3 Å². The largest absolute Gasteiger partial charge is 0.461 e. The van der Waals surface area contributed by atoms with Crippen LogP contribution >= 0.6 is 11.3 Å². The molecule has 8 heteroatoms. The maximum absolute atomic E-state index is 13.5. The Morgan fingerprint density at radius 2 is 1.83 bits per heavy atom. The van der Waals surface area contributed by atoms with Gasteiger partial charge in [0.05, 0.1) is 17.7 Å². The number of nitrogens with one attached hydrogen (secondary N) is 1. The number of aromatic nitrogens is 2. The summed E-state index contributed by atoms with van der Waals surface area (Å²) < 4.78 is 6.37. The quantitative estimate of drug-likeness (QED) is 0.278. The molecule has 0 atom stereocenters. The third kappa shape index (κ3) is 5.22. The summed E-state index contributed by atoms with van der Waals surface area (Å²) in [5, 5.41) is 9.65. The lowest BCUT2D eigenvalue weighted by atomic mass is 10.0. The van der Waals surface area contributed by atoms with Crippen LogP contribution < -0.4 is 10.9 Å². The van der Waals surface area contributed by atoms with Crippen LogP contribution in [0.4, 0.5) is 5.00 Å². The number of rotatable bonds is 7. The summed E-state index contributed by atoms with van der Waals surface area (Å²) in [5.41, 5.74) is 2.08. The molecular weight excluding hydrogens is 462 g/mol. The Balaban J connectivity index is 1.78. The topological polar surface area (TPSA) is 90.3 Å². The second-order valence-electron chi connectivity index (χ2n) is 8.12. The number of nitrogens with zero attached hydrogens (tertiary/aromatic N) is 2. The number of thiophene rings is 1. The average Bonchev–Trinajstić information content (AvgIpc) is 3.28. The third-order valence-corrected chi connectivity index (χ3v) is 6.28. The molecule has 0 radical (unpaired) electrons. The maximum Gasteiger partial charge on any atom is 0.359 e. The summed E-state index contributed by atoms with van der Waals surface area (Å²) in [6, 6.07) is 16.8. The van der Waals surface area contributed by atoms with E-state index in [4.69, 9.17) is 4.74 Å². The highest BCUT2D eigenvalue weighted by Crippen LogP contribution is 2.31. The van der Waals surface area contributed by atoms with Gasteiger partial charge in [0.1, 0.15) is 5.00 Å². The highest BCUT2D eigenvalue weighted by atomic mass is 32.1. The van der Waals surface area contributed by atoms with Gasteiger partial charge in [0.2, 0.25) is 5.91 Å². The van der Waals surface area contributed by atoms with Gasteiger partial charge in [0.15, 0.2) is 5.69 Å². The van der Waals surface area contributed by atoms with E-state index in [1.165, 1.54) is 10.8 Å². The molecule has 0 aliphatic carbocycles. The first-order valence-electron chi connectivity index (χ1n) is 11.2. The molecule has 0 aliphatic heterocycles. The van der Waals surface area contributed by atoms with Crippen LogP contribution in [0.5, 0.6) is 0 Å². The predicted octanol–water partition coefficient (Wildman–Crippen LogP) is 5.40. The molecule has 0 saturated carbocycles. The molecule has 35 heavy (non-hydrogen) atoms. The van der Waals surface area contributed by atoms with Crippen molar-refractivity contribution in [3.05, 3.63) is 93.2 Å². The van der Waals surface area contributed by atoms with Crippen molar-refractivity contribution in [2.24, 2.45) is 0 Å². The molecule has 4 rings (SSSR count). The molecule has 0 aliphatic rings. The summed E-state index contributed by atoms with van der Waals surface area (Å²) in [5.74, 6) is -0.696. The average molecular weight is 488 g/mol. The Hall–Kier alpha value is -4.04. The van der Waals surface area contributed by atoms with E-state index >= 15 is 0 Å². The van der Waals surface area contributed by atoms with E-state index in [0.717, 1.165) is 22.5 Å². The molecule has 7 nitrogen and oxygen atoms in total. The van der Waals surface area contributed by atoms with Crippen LogP contribution in [0.25, 0.3) is 22.5 Å². The summed E-state index contributed by atoms with van der Waals surface area (Å²) in [4.78, 5) is 38.8. The molecule has 4 aromatic rings. The lowest BCUT2D eigenvalue weighted by molar-refractivity contribution is -0.111. The van der Waals surface area contributed by atoms with Crippen LogP contribution in [0.3, 0.4) is 0 Å². The van der Waals surface area contributed by atoms with E-state index in [9.17, 15) is 14.4 Å². The van der Waals surface area contributed by atoms with Gasteiger partial charge < -0.3 is 10.1 Å². The normalized spacial score (nSPS) is 11.3. The number of esters is 1. The molecule has 2 aromatic heterocycles. The van der Waals surface area contributed by atoms with Crippen LogP contribution in [0, 0.1) is 0 Å². The lowest BCUT2D eigenvalue weighted by Crippen LogP contribution is -2.25. The fourth-order valence-electron chi connectivity index (χ4n) is 3.56. The van der Waals surface area contributed by atoms with E-state index < -0.39 is 11.5 Å². The van der Waals surface area contributed by atoms with Gasteiger partial charge in [-0.1, -0.05) is 56.3 Å². The van der Waals surface area contributed by atoms with Gasteiger partial charge in [-0.15, -0.1) is 11.3 Å². The number of amides is 1. The number of anilines is 1. The van der Waals surface area contributed by atoms with Gasteiger partial charge >= 0.3 is 5.97 Å². The van der Waals surface area contributed by atoms with Crippen LogP contribution in [-0.2, 0) is 9.53 Å². The summed E-state index contributed by atoms with van der Waals surface area (Å²) in [6.07, 6.45) is 3.09. The summed E-state index contributed by atoms with van der Waals surface area (Å²) in [6.45, 7) is 6.03. The molecule has 0 spiro atoms. The minimum atomic E-state index is -0.635. The maximum atomic E-state index is 13.5. The third-order valence-electron chi connectivity index (χ3n) is 5.39. The first-order chi connectivity index (χ1) is 16.9. The van der Waals surface area contributed by atoms with Crippen molar-refractivity contribution >= 4 is 45.1 Å². The minimum absolute atomic E-state index is 0.0194. The number of benzene rings is 2. The second kappa shape index (κ2) is 10.5. The number of hydrogen-bond donors (Lipinski definition) is 1. The number of ether oxygens (including phenoxy) is 1. The Kier molecular flexibility index (Phi) is 7.22. The van der Waals surface area contributed by atoms with Crippen molar-refractivity contribution in [2.45, 2.75) is 26.7 Å². The first-order valence-corrected chi connectivity index (χ1v) is 12.1. The van der Waals surface area contributed by atoms with Gasteiger partial charge in [-0.2, -0.15) is 9.78 Å². The lowest BCUT2D eigenvalue weighted by Gasteiger charge is -2.11. The van der Waals surface area contributed by atoms with E-state index in [1.807, 2.05) is 42.5 Å². The number of carbonyl (C=O) groups excluding carboxylic acids is 2. The molecule has 2 aromatic carbocycles. The van der Waals surface area contributed by atoms with Gasteiger partial charge in [-0.3, -0.25) is 9.59 Å². The number of fused-ring (bicyclic) bond motifs is 1. The number of hydrogen-bond acceptors (Lipinski definition) is 6. The monoisotopic (exact) mass is 487 g/mol. The van der Waals surface area contributed by atoms with E-state index in [-0.39, 0.29) is 23.6 Å². The standard InChI is InChI=1S/C27H25N3O4S/c1-4-34-27(33)24-21-16-35-25(28-22(31)15-10-18-8-6-5-7-9-18)23(21)26(32)30(29-24)20-13-11-19(12-14-20)17(2)3/h5-17H,4H2,1-3H3,(H,28,31)/b15-10+. The fraction of sp³-hybridized carbons (Fsp3) is 0.185.